The number of aromatic hydroxyl groups is 2. The molecule has 0 amide bonds. The third kappa shape index (κ3) is 4.14. The van der Waals surface area contributed by atoms with E-state index in [0.717, 1.165) is 10.8 Å². The van der Waals surface area contributed by atoms with Gasteiger partial charge in [-0.1, -0.05) is 12.1 Å². The summed E-state index contributed by atoms with van der Waals surface area (Å²) in [6, 6.07) is 4.76. The van der Waals surface area contributed by atoms with E-state index in [1.165, 1.54) is 12.1 Å². The lowest BCUT2D eigenvalue weighted by molar-refractivity contribution is -0.138. The standard InChI is InChI=1S/C16H17N3O6/c1-2-19-14(22)11(13(21)18-16(19)25)8-17-12(15(23)24)7-9-3-5-10(20)6-4-9/h3-6,8,12,20,22H,2,7H2,1H3,(H,23,24)(H,18,21,25). The Morgan fingerprint density at radius 2 is 1.92 bits per heavy atom. The van der Waals surface area contributed by atoms with Gasteiger partial charge in [0.2, 0.25) is 5.88 Å². The van der Waals surface area contributed by atoms with Crippen molar-refractivity contribution < 1.29 is 20.1 Å². The lowest BCUT2D eigenvalue weighted by Crippen LogP contribution is -2.32. The van der Waals surface area contributed by atoms with Gasteiger partial charge >= 0.3 is 11.7 Å². The van der Waals surface area contributed by atoms with E-state index in [1.54, 1.807) is 19.1 Å². The van der Waals surface area contributed by atoms with E-state index in [9.17, 15) is 29.7 Å². The Kier molecular flexibility index (Phi) is 5.38. The van der Waals surface area contributed by atoms with Crippen LogP contribution < -0.4 is 11.2 Å². The van der Waals surface area contributed by atoms with Crippen molar-refractivity contribution in [1.29, 1.82) is 0 Å². The molecule has 4 N–H and O–H groups in total. The maximum absolute atomic E-state index is 11.8. The number of nitrogens with zero attached hydrogens (tertiary/aromatic N) is 2. The molecule has 0 bridgehead atoms. The summed E-state index contributed by atoms with van der Waals surface area (Å²) in [5.74, 6) is -1.74. The number of phenols is 1. The smallest absolute Gasteiger partial charge is 0.331 e. The molecule has 0 radical (unpaired) electrons. The average molecular weight is 347 g/mol. The topological polar surface area (TPSA) is 145 Å². The lowest BCUT2D eigenvalue weighted by atomic mass is 10.1. The van der Waals surface area contributed by atoms with Crippen LogP contribution in [-0.2, 0) is 17.8 Å². The zero-order valence-corrected chi connectivity index (χ0v) is 13.3. The molecule has 0 saturated heterocycles. The van der Waals surface area contributed by atoms with Gasteiger partial charge in [-0.3, -0.25) is 19.3 Å². The SMILES string of the molecule is CCn1c(O)c(C=NC(Cc2ccc(O)cc2)C(=O)O)c(=O)[nH]c1=O. The molecule has 25 heavy (non-hydrogen) atoms. The molecule has 2 aromatic rings. The first-order chi connectivity index (χ1) is 11.8. The van der Waals surface area contributed by atoms with Gasteiger partial charge in [-0.2, -0.15) is 0 Å². The fourth-order valence-electron chi connectivity index (χ4n) is 2.21. The van der Waals surface area contributed by atoms with Gasteiger partial charge in [0.1, 0.15) is 11.3 Å². The normalized spacial score (nSPS) is 12.4. The fourth-order valence-corrected chi connectivity index (χ4v) is 2.21. The van der Waals surface area contributed by atoms with Crippen LogP contribution in [0.2, 0.25) is 0 Å². The summed E-state index contributed by atoms with van der Waals surface area (Å²) in [5.41, 5.74) is -1.29. The molecule has 1 unspecified atom stereocenters. The van der Waals surface area contributed by atoms with Gasteiger partial charge < -0.3 is 15.3 Å². The van der Waals surface area contributed by atoms with E-state index in [0.29, 0.717) is 5.56 Å². The monoisotopic (exact) mass is 347 g/mol. The zero-order chi connectivity index (χ0) is 18.6. The highest BCUT2D eigenvalue weighted by Crippen LogP contribution is 2.13. The first-order valence-electron chi connectivity index (χ1n) is 7.43. The molecular weight excluding hydrogens is 330 g/mol. The van der Waals surface area contributed by atoms with Crippen molar-refractivity contribution in [2.24, 2.45) is 4.99 Å². The minimum Gasteiger partial charge on any atom is -0.508 e. The van der Waals surface area contributed by atoms with Crippen LogP contribution >= 0.6 is 0 Å². The summed E-state index contributed by atoms with van der Waals surface area (Å²) in [4.78, 5) is 40.6. The Morgan fingerprint density at radius 1 is 1.28 bits per heavy atom. The van der Waals surface area contributed by atoms with Crippen molar-refractivity contribution in [3.8, 4) is 11.6 Å². The number of aliphatic carboxylic acids is 1. The second-order valence-electron chi connectivity index (χ2n) is 5.24. The van der Waals surface area contributed by atoms with Crippen LogP contribution in [0.15, 0.2) is 38.8 Å². The molecular formula is C16H17N3O6. The van der Waals surface area contributed by atoms with E-state index in [2.05, 4.69) is 4.99 Å². The highest BCUT2D eigenvalue weighted by atomic mass is 16.4. The number of nitrogens with one attached hydrogen (secondary N) is 1. The van der Waals surface area contributed by atoms with Crippen LogP contribution in [0.3, 0.4) is 0 Å². The van der Waals surface area contributed by atoms with Crippen molar-refractivity contribution in [3.63, 3.8) is 0 Å². The predicted octanol–water partition coefficient (Wildman–Crippen LogP) is 0.0825. The summed E-state index contributed by atoms with van der Waals surface area (Å²) >= 11 is 0. The number of aromatic nitrogens is 2. The first-order valence-corrected chi connectivity index (χ1v) is 7.43. The van der Waals surface area contributed by atoms with E-state index in [4.69, 9.17) is 0 Å². The van der Waals surface area contributed by atoms with Crippen molar-refractivity contribution in [2.45, 2.75) is 25.9 Å². The number of carboxylic acid groups (broad SMARTS) is 1. The largest absolute Gasteiger partial charge is 0.508 e. The van der Waals surface area contributed by atoms with Gasteiger partial charge in [0, 0.05) is 19.2 Å². The highest BCUT2D eigenvalue weighted by molar-refractivity contribution is 5.85. The molecule has 1 aromatic heterocycles. The molecule has 0 fully saturated rings. The number of aromatic amines is 1. The maximum atomic E-state index is 11.8. The number of carbonyl (C=O) groups is 1. The molecule has 0 saturated carbocycles. The number of benzene rings is 1. The average Bonchev–Trinajstić information content (AvgIpc) is 2.55. The van der Waals surface area contributed by atoms with Crippen molar-refractivity contribution in [3.05, 3.63) is 56.2 Å². The number of phenolic OH excluding ortho intramolecular Hbond substituents is 1. The molecule has 1 heterocycles. The number of hydrogen-bond acceptors (Lipinski definition) is 6. The maximum Gasteiger partial charge on any atom is 0.331 e. The Balaban J connectivity index is 2.34. The fraction of sp³-hybridized carbons (Fsp3) is 0.250. The molecule has 9 heteroatoms. The predicted molar refractivity (Wildman–Crippen MR) is 89.5 cm³/mol. The van der Waals surface area contributed by atoms with Crippen LogP contribution in [0.5, 0.6) is 11.6 Å². The first kappa shape index (κ1) is 18.0. The molecule has 9 nitrogen and oxygen atoms in total. The van der Waals surface area contributed by atoms with Gasteiger partial charge in [0.25, 0.3) is 5.56 Å². The zero-order valence-electron chi connectivity index (χ0n) is 13.3. The summed E-state index contributed by atoms with van der Waals surface area (Å²) in [7, 11) is 0. The Bertz CT molecular complexity index is 911. The number of carboxylic acids is 1. The van der Waals surface area contributed by atoms with Crippen LogP contribution in [-0.4, -0.2) is 43.1 Å². The molecule has 2 rings (SSSR count). The molecule has 0 aliphatic rings. The molecule has 0 aliphatic carbocycles. The number of aliphatic imine (C=N–C) groups is 1. The van der Waals surface area contributed by atoms with Crippen LogP contribution in [0.1, 0.15) is 18.1 Å². The van der Waals surface area contributed by atoms with Gasteiger partial charge in [-0.25, -0.2) is 9.59 Å². The third-order valence-corrected chi connectivity index (χ3v) is 3.56. The highest BCUT2D eigenvalue weighted by Gasteiger charge is 2.18. The molecule has 132 valence electrons. The number of H-pyrrole nitrogens is 1. The van der Waals surface area contributed by atoms with Gasteiger partial charge in [-0.15, -0.1) is 0 Å². The Labute approximate surface area is 141 Å². The van der Waals surface area contributed by atoms with Crippen LogP contribution in [0, 0.1) is 0 Å². The minimum atomic E-state index is -1.22. The summed E-state index contributed by atoms with van der Waals surface area (Å²) in [6.45, 7) is 1.73. The molecule has 0 spiro atoms. The molecule has 1 aromatic carbocycles. The van der Waals surface area contributed by atoms with Gasteiger partial charge in [0.05, 0.1) is 0 Å². The van der Waals surface area contributed by atoms with Gasteiger partial charge in [0.15, 0.2) is 6.04 Å². The summed E-state index contributed by atoms with van der Waals surface area (Å²) < 4.78 is 0.929. The second kappa shape index (κ2) is 7.47. The molecule has 0 aliphatic heterocycles. The van der Waals surface area contributed by atoms with Crippen molar-refractivity contribution in [2.75, 3.05) is 0 Å². The lowest BCUT2D eigenvalue weighted by Gasteiger charge is -2.09. The van der Waals surface area contributed by atoms with E-state index >= 15 is 0 Å². The Hall–Kier alpha value is -3.36. The Morgan fingerprint density at radius 3 is 2.48 bits per heavy atom. The third-order valence-electron chi connectivity index (χ3n) is 3.56. The van der Waals surface area contributed by atoms with Crippen molar-refractivity contribution in [1.82, 2.24) is 9.55 Å². The van der Waals surface area contributed by atoms with E-state index in [1.807, 2.05) is 4.98 Å². The molecule has 1 atom stereocenters. The van der Waals surface area contributed by atoms with Crippen LogP contribution in [0.25, 0.3) is 0 Å². The van der Waals surface area contributed by atoms with Gasteiger partial charge in [-0.05, 0) is 24.6 Å². The van der Waals surface area contributed by atoms with E-state index in [-0.39, 0.29) is 24.3 Å². The summed E-state index contributed by atoms with van der Waals surface area (Å²) in [5, 5.41) is 28.5. The second-order valence-corrected chi connectivity index (χ2v) is 5.24. The number of hydrogen-bond donors (Lipinski definition) is 4. The van der Waals surface area contributed by atoms with Crippen LogP contribution in [0.4, 0.5) is 0 Å². The van der Waals surface area contributed by atoms with Crippen molar-refractivity contribution >= 4 is 12.2 Å². The number of rotatable bonds is 6. The summed E-state index contributed by atoms with van der Waals surface area (Å²) in [6.07, 6.45) is 0.969. The van der Waals surface area contributed by atoms with E-state index < -0.39 is 29.1 Å². The minimum absolute atomic E-state index is 0.0260. The quantitative estimate of drug-likeness (QED) is 0.545.